The van der Waals surface area contributed by atoms with E-state index >= 15 is 8.78 Å². The molecule has 1 aromatic heterocycles. The minimum Gasteiger partial charge on any atom is -0.497 e. The molecule has 0 unspecified atom stereocenters. The number of hydrogen-bond acceptors (Lipinski definition) is 10. The first kappa shape index (κ1) is 27.8. The zero-order valence-electron chi connectivity index (χ0n) is 20.1. The summed E-state index contributed by atoms with van der Waals surface area (Å²) >= 11 is 3.67. The van der Waals surface area contributed by atoms with Crippen LogP contribution >= 0.6 is 27.5 Å². The van der Waals surface area contributed by atoms with Gasteiger partial charge in [0.15, 0.2) is 10.7 Å². The number of sulfonamides is 1. The summed E-state index contributed by atoms with van der Waals surface area (Å²) < 4.78 is 72.7. The minimum absolute atomic E-state index is 0.125. The molecule has 204 valence electrons. The highest BCUT2D eigenvalue weighted by Gasteiger charge is 2.36. The van der Waals surface area contributed by atoms with Crippen LogP contribution in [0.25, 0.3) is 0 Å². The van der Waals surface area contributed by atoms with E-state index in [0.29, 0.717) is 30.5 Å². The monoisotopic (exact) mass is 633 g/mol. The summed E-state index contributed by atoms with van der Waals surface area (Å²) in [5.74, 6) is -2.09. The lowest BCUT2D eigenvalue weighted by atomic mass is 10.2. The molecule has 4 rings (SSSR count). The number of aromatic nitrogens is 2. The van der Waals surface area contributed by atoms with Crippen molar-refractivity contribution in [1.29, 1.82) is 0 Å². The number of amides is 1. The van der Waals surface area contributed by atoms with Gasteiger partial charge in [-0.15, -0.1) is 0 Å². The molecule has 1 aliphatic heterocycles. The Morgan fingerprint density at radius 1 is 1.21 bits per heavy atom. The van der Waals surface area contributed by atoms with Gasteiger partial charge in [-0.2, -0.15) is 4.37 Å². The van der Waals surface area contributed by atoms with Gasteiger partial charge in [0.05, 0.1) is 30.9 Å². The van der Waals surface area contributed by atoms with Gasteiger partial charge in [-0.05, 0) is 40.9 Å². The summed E-state index contributed by atoms with van der Waals surface area (Å²) in [6.07, 6.45) is 2.05. The quantitative estimate of drug-likeness (QED) is 0.267. The number of carbonyl (C=O) groups is 1. The van der Waals surface area contributed by atoms with Crippen molar-refractivity contribution in [3.05, 3.63) is 52.3 Å². The van der Waals surface area contributed by atoms with Gasteiger partial charge in [-0.1, -0.05) is 0 Å². The molecule has 0 aliphatic carbocycles. The van der Waals surface area contributed by atoms with Gasteiger partial charge in [0.1, 0.15) is 23.6 Å². The van der Waals surface area contributed by atoms with Crippen molar-refractivity contribution >= 4 is 54.4 Å². The van der Waals surface area contributed by atoms with Gasteiger partial charge in [0.2, 0.25) is 5.13 Å². The van der Waals surface area contributed by atoms with Gasteiger partial charge in [-0.3, -0.25) is 0 Å². The van der Waals surface area contributed by atoms with Crippen LogP contribution in [0, 0.1) is 11.6 Å². The molecule has 0 saturated carbocycles. The maximum absolute atomic E-state index is 15.5. The second-order valence-electron chi connectivity index (χ2n) is 7.94. The molecule has 3 aromatic rings. The standard InChI is InChI=1S/C22H22BrF2N5O6S2/c1-34-14-6-5-13(17(9-14)35-2)11-30(21-26-12-27-37-21)38(32,33)20-15(24)10-16(18(23)19(20)25)28-36-22(31)29-7-3-4-8-29/h5-6,9-10,12,28H,3-4,7-8,11H2,1-2H3. The Bertz CT molecular complexity index is 1420. The number of rotatable bonds is 9. The number of anilines is 2. The highest BCUT2D eigenvalue weighted by molar-refractivity contribution is 9.10. The minimum atomic E-state index is -4.88. The predicted octanol–water partition coefficient (Wildman–Crippen LogP) is 4.55. The number of nitrogens with one attached hydrogen (secondary N) is 1. The molecular weight excluding hydrogens is 612 g/mol. The van der Waals surface area contributed by atoms with Gasteiger partial charge in [0, 0.05) is 42.3 Å². The van der Waals surface area contributed by atoms with E-state index in [1.165, 1.54) is 19.1 Å². The summed E-state index contributed by atoms with van der Waals surface area (Å²) in [7, 11) is -2.03. The molecule has 0 bridgehead atoms. The van der Waals surface area contributed by atoms with Crippen LogP contribution in [0.3, 0.4) is 0 Å². The molecular formula is C22H22BrF2N5O6S2. The molecule has 2 heterocycles. The van der Waals surface area contributed by atoms with Crippen LogP contribution in [0.2, 0.25) is 0 Å². The van der Waals surface area contributed by atoms with Gasteiger partial charge in [0.25, 0.3) is 10.0 Å². The number of methoxy groups -OCH3 is 2. The summed E-state index contributed by atoms with van der Waals surface area (Å²) in [6, 6.07) is 5.40. The average Bonchev–Trinajstić information content (AvgIpc) is 3.63. The number of halogens is 3. The first-order chi connectivity index (χ1) is 18.2. The van der Waals surface area contributed by atoms with Crippen LogP contribution in [0.4, 0.5) is 24.4 Å². The first-order valence-corrected chi connectivity index (χ1v) is 14.1. The maximum Gasteiger partial charge on any atom is 0.434 e. The Balaban J connectivity index is 1.69. The Labute approximate surface area is 229 Å². The smallest absolute Gasteiger partial charge is 0.434 e. The second-order valence-corrected chi connectivity index (χ2v) is 11.3. The van der Waals surface area contributed by atoms with Crippen molar-refractivity contribution in [3.63, 3.8) is 0 Å². The van der Waals surface area contributed by atoms with E-state index in [1.807, 2.05) is 0 Å². The van der Waals surface area contributed by atoms with Crippen LogP contribution in [0.1, 0.15) is 18.4 Å². The van der Waals surface area contributed by atoms with Gasteiger partial charge in [-0.25, -0.2) is 36.8 Å². The number of benzene rings is 2. The maximum atomic E-state index is 15.5. The molecule has 0 radical (unpaired) electrons. The van der Waals surface area contributed by atoms with E-state index in [2.05, 4.69) is 30.8 Å². The van der Waals surface area contributed by atoms with E-state index in [4.69, 9.17) is 14.3 Å². The summed E-state index contributed by atoms with van der Waals surface area (Å²) in [6.45, 7) is 0.624. The van der Waals surface area contributed by atoms with Crippen LogP contribution in [-0.2, 0) is 21.4 Å². The Kier molecular flexibility index (Phi) is 8.52. The zero-order valence-corrected chi connectivity index (χ0v) is 23.3. The van der Waals surface area contributed by atoms with E-state index in [1.54, 1.807) is 18.2 Å². The van der Waals surface area contributed by atoms with Crippen LogP contribution in [0.15, 0.2) is 40.0 Å². The lowest BCUT2D eigenvalue weighted by Crippen LogP contribution is -2.32. The van der Waals surface area contributed by atoms with Crippen molar-refractivity contribution in [3.8, 4) is 11.5 Å². The summed E-state index contributed by atoms with van der Waals surface area (Å²) in [5, 5.41) is -0.125. The van der Waals surface area contributed by atoms with Crippen molar-refractivity contribution in [2.24, 2.45) is 0 Å². The fraction of sp³-hybridized carbons (Fsp3) is 0.318. The summed E-state index contributed by atoms with van der Waals surface area (Å²) in [4.78, 5) is 21.2. The molecule has 1 saturated heterocycles. The Hall–Kier alpha value is -3.24. The lowest BCUT2D eigenvalue weighted by Gasteiger charge is -2.24. The molecule has 0 spiro atoms. The Morgan fingerprint density at radius 2 is 1.95 bits per heavy atom. The van der Waals surface area contributed by atoms with Gasteiger partial charge < -0.3 is 19.2 Å². The molecule has 1 fully saturated rings. The van der Waals surface area contributed by atoms with E-state index in [0.717, 1.165) is 35.0 Å². The molecule has 1 aliphatic rings. The van der Waals surface area contributed by atoms with E-state index < -0.39 is 37.1 Å². The molecule has 1 N–H and O–H groups in total. The zero-order chi connectivity index (χ0) is 27.4. The van der Waals surface area contributed by atoms with Gasteiger partial charge >= 0.3 is 6.09 Å². The van der Waals surface area contributed by atoms with E-state index in [-0.39, 0.29) is 23.1 Å². The largest absolute Gasteiger partial charge is 0.497 e. The normalized spacial score (nSPS) is 13.3. The molecule has 38 heavy (non-hydrogen) atoms. The van der Waals surface area contributed by atoms with Crippen molar-refractivity contribution in [2.75, 3.05) is 37.1 Å². The fourth-order valence-electron chi connectivity index (χ4n) is 3.73. The number of carbonyl (C=O) groups excluding carboxylic acids is 1. The first-order valence-electron chi connectivity index (χ1n) is 11.1. The second kappa shape index (κ2) is 11.7. The Morgan fingerprint density at radius 3 is 2.58 bits per heavy atom. The van der Waals surface area contributed by atoms with Crippen molar-refractivity contribution < 1.29 is 36.3 Å². The molecule has 11 nitrogen and oxygen atoms in total. The number of ether oxygens (including phenoxy) is 2. The van der Waals surface area contributed by atoms with Crippen molar-refractivity contribution in [2.45, 2.75) is 24.3 Å². The predicted molar refractivity (Wildman–Crippen MR) is 138 cm³/mol. The van der Waals surface area contributed by atoms with Crippen LogP contribution < -0.4 is 19.3 Å². The highest BCUT2D eigenvalue weighted by Crippen LogP contribution is 2.37. The average molecular weight is 634 g/mol. The lowest BCUT2D eigenvalue weighted by molar-refractivity contribution is 0.131. The third-order valence-electron chi connectivity index (χ3n) is 5.65. The number of likely N-dealkylation sites (tertiary alicyclic amines) is 1. The van der Waals surface area contributed by atoms with Crippen LogP contribution in [0.5, 0.6) is 11.5 Å². The molecule has 1 amide bonds. The third-order valence-corrected chi connectivity index (χ3v) is 9.00. The highest BCUT2D eigenvalue weighted by atomic mass is 79.9. The van der Waals surface area contributed by atoms with E-state index in [9.17, 15) is 13.2 Å². The molecule has 0 atom stereocenters. The topological polar surface area (TPSA) is 123 Å². The fourth-order valence-corrected chi connectivity index (χ4v) is 6.51. The third kappa shape index (κ3) is 5.61. The SMILES string of the molecule is COc1ccc(CN(c2ncns2)S(=O)(=O)c2c(F)cc(NOC(=O)N3CCCC3)c(Br)c2F)c(OC)c1. The number of hydrogen-bond donors (Lipinski definition) is 1. The summed E-state index contributed by atoms with van der Waals surface area (Å²) in [5.41, 5.74) is 2.26. The van der Waals surface area contributed by atoms with Crippen LogP contribution in [-0.4, -0.2) is 56.1 Å². The van der Waals surface area contributed by atoms with Crippen molar-refractivity contribution in [1.82, 2.24) is 14.3 Å². The number of nitrogens with zero attached hydrogens (tertiary/aromatic N) is 4. The molecule has 16 heteroatoms. The molecule has 2 aromatic carbocycles.